The van der Waals surface area contributed by atoms with Crippen molar-refractivity contribution in [2.75, 3.05) is 0 Å². The Kier molecular flexibility index (Phi) is 3.99. The van der Waals surface area contributed by atoms with E-state index in [1.807, 2.05) is 0 Å². The minimum atomic E-state index is 0.533. The third kappa shape index (κ3) is 3.34. The topological polar surface area (TPSA) is 40.7 Å². The molecule has 2 N–H and O–H groups in total. The Morgan fingerprint density at radius 2 is 2.19 bits per heavy atom. The van der Waals surface area contributed by atoms with Gasteiger partial charge < -0.3 is 5.32 Å². The summed E-state index contributed by atoms with van der Waals surface area (Å²) in [4.78, 5) is 0. The fourth-order valence-corrected chi connectivity index (χ4v) is 2.62. The van der Waals surface area contributed by atoms with E-state index in [9.17, 15) is 0 Å². The molecule has 1 heterocycles. The first-order valence-corrected chi connectivity index (χ1v) is 6.51. The van der Waals surface area contributed by atoms with Crippen molar-refractivity contribution in [2.45, 2.75) is 64.5 Å². The molecule has 0 aromatic carbocycles. The van der Waals surface area contributed by atoms with Gasteiger partial charge in [0.25, 0.3) is 0 Å². The second kappa shape index (κ2) is 5.48. The van der Waals surface area contributed by atoms with Crippen LogP contribution in [0.4, 0.5) is 0 Å². The van der Waals surface area contributed by atoms with Gasteiger partial charge in [0.1, 0.15) is 0 Å². The van der Waals surface area contributed by atoms with E-state index in [1.54, 1.807) is 0 Å². The number of aromatic nitrogens is 2. The lowest BCUT2D eigenvalue weighted by molar-refractivity contribution is 0.342. The monoisotopic (exact) mass is 221 g/mol. The third-order valence-electron chi connectivity index (χ3n) is 3.40. The quantitative estimate of drug-likeness (QED) is 0.820. The van der Waals surface area contributed by atoms with Crippen LogP contribution in [0.3, 0.4) is 0 Å². The molecule has 0 spiro atoms. The number of nitrogens with one attached hydrogen (secondary N) is 2. The standard InChI is InChI=1S/C13H23N3/c1-10(8-13-9-11(2)15-16-13)14-12-6-4-3-5-7-12/h9-10,12,14H,3-8H2,1-2H3,(H,15,16). The van der Waals surface area contributed by atoms with Crippen molar-refractivity contribution in [2.24, 2.45) is 0 Å². The van der Waals surface area contributed by atoms with Crippen LogP contribution in [0.15, 0.2) is 6.07 Å². The Labute approximate surface area is 98.0 Å². The Morgan fingerprint density at radius 3 is 2.81 bits per heavy atom. The summed E-state index contributed by atoms with van der Waals surface area (Å²) in [6.45, 7) is 4.31. The van der Waals surface area contributed by atoms with Crippen molar-refractivity contribution in [3.8, 4) is 0 Å². The highest BCUT2D eigenvalue weighted by Gasteiger charge is 2.15. The van der Waals surface area contributed by atoms with Gasteiger partial charge in [-0.1, -0.05) is 19.3 Å². The zero-order valence-corrected chi connectivity index (χ0v) is 10.4. The molecule has 1 aromatic heterocycles. The summed E-state index contributed by atoms with van der Waals surface area (Å²) in [5, 5.41) is 11.0. The SMILES string of the molecule is Cc1cc(CC(C)NC2CCCCC2)n[nH]1. The molecule has 90 valence electrons. The van der Waals surface area contributed by atoms with Gasteiger partial charge >= 0.3 is 0 Å². The predicted octanol–water partition coefficient (Wildman–Crippen LogP) is 2.57. The van der Waals surface area contributed by atoms with E-state index in [-0.39, 0.29) is 0 Å². The lowest BCUT2D eigenvalue weighted by Crippen LogP contribution is -2.38. The van der Waals surface area contributed by atoms with Gasteiger partial charge in [-0.25, -0.2) is 0 Å². The van der Waals surface area contributed by atoms with Crippen LogP contribution >= 0.6 is 0 Å². The van der Waals surface area contributed by atoms with E-state index in [0.29, 0.717) is 6.04 Å². The van der Waals surface area contributed by atoms with E-state index in [2.05, 4.69) is 35.4 Å². The molecule has 0 saturated heterocycles. The maximum Gasteiger partial charge on any atom is 0.0640 e. The van der Waals surface area contributed by atoms with Gasteiger partial charge in [-0.2, -0.15) is 5.10 Å². The van der Waals surface area contributed by atoms with E-state index in [1.165, 1.54) is 37.8 Å². The van der Waals surface area contributed by atoms with Crippen LogP contribution in [0, 0.1) is 6.92 Å². The van der Waals surface area contributed by atoms with Gasteiger partial charge in [-0.15, -0.1) is 0 Å². The molecule has 16 heavy (non-hydrogen) atoms. The minimum absolute atomic E-state index is 0.533. The fraction of sp³-hybridized carbons (Fsp3) is 0.769. The smallest absolute Gasteiger partial charge is 0.0640 e. The molecule has 0 aliphatic heterocycles. The summed E-state index contributed by atoms with van der Waals surface area (Å²) in [5.41, 5.74) is 2.33. The van der Waals surface area contributed by atoms with Crippen molar-refractivity contribution < 1.29 is 0 Å². The van der Waals surface area contributed by atoms with Crippen LogP contribution in [-0.4, -0.2) is 22.3 Å². The summed E-state index contributed by atoms with van der Waals surface area (Å²) in [6.07, 6.45) is 7.94. The zero-order valence-electron chi connectivity index (χ0n) is 10.4. The highest BCUT2D eigenvalue weighted by Crippen LogP contribution is 2.18. The van der Waals surface area contributed by atoms with Crippen molar-refractivity contribution in [3.05, 3.63) is 17.5 Å². The molecule has 1 aromatic rings. The lowest BCUT2D eigenvalue weighted by atomic mass is 9.94. The Hall–Kier alpha value is -0.830. The van der Waals surface area contributed by atoms with Crippen LogP contribution in [0.5, 0.6) is 0 Å². The zero-order chi connectivity index (χ0) is 11.4. The first-order valence-electron chi connectivity index (χ1n) is 6.51. The molecule has 3 heteroatoms. The minimum Gasteiger partial charge on any atom is -0.311 e. The first kappa shape index (κ1) is 11.6. The molecule has 1 saturated carbocycles. The maximum absolute atomic E-state index is 4.28. The molecular weight excluding hydrogens is 198 g/mol. The number of H-pyrrole nitrogens is 1. The van der Waals surface area contributed by atoms with Gasteiger partial charge in [-0.05, 0) is 32.8 Å². The molecule has 0 bridgehead atoms. The Bertz CT molecular complexity index is 313. The average molecular weight is 221 g/mol. The Morgan fingerprint density at radius 1 is 1.44 bits per heavy atom. The summed E-state index contributed by atoms with van der Waals surface area (Å²) in [7, 11) is 0. The van der Waals surface area contributed by atoms with Crippen molar-refractivity contribution in [1.29, 1.82) is 0 Å². The molecule has 0 radical (unpaired) electrons. The van der Waals surface area contributed by atoms with Gasteiger partial charge in [0.15, 0.2) is 0 Å². The molecule has 3 nitrogen and oxygen atoms in total. The Balaban J connectivity index is 1.77. The number of hydrogen-bond acceptors (Lipinski definition) is 2. The van der Waals surface area contributed by atoms with Gasteiger partial charge in [0.2, 0.25) is 0 Å². The highest BCUT2D eigenvalue weighted by atomic mass is 15.1. The lowest BCUT2D eigenvalue weighted by Gasteiger charge is -2.26. The van der Waals surface area contributed by atoms with Crippen LogP contribution in [0.1, 0.15) is 50.4 Å². The van der Waals surface area contributed by atoms with Crippen molar-refractivity contribution in [3.63, 3.8) is 0 Å². The average Bonchev–Trinajstić information content (AvgIpc) is 2.65. The number of rotatable bonds is 4. The second-order valence-corrected chi connectivity index (χ2v) is 5.15. The summed E-state index contributed by atoms with van der Waals surface area (Å²) in [6, 6.07) is 3.41. The molecule has 2 rings (SSSR count). The van der Waals surface area contributed by atoms with Crippen molar-refractivity contribution in [1.82, 2.24) is 15.5 Å². The van der Waals surface area contributed by atoms with Crippen molar-refractivity contribution >= 4 is 0 Å². The first-order chi connectivity index (χ1) is 7.74. The number of aromatic amines is 1. The number of aryl methyl sites for hydroxylation is 1. The summed E-state index contributed by atoms with van der Waals surface area (Å²) >= 11 is 0. The maximum atomic E-state index is 4.28. The summed E-state index contributed by atoms with van der Waals surface area (Å²) in [5.74, 6) is 0. The van der Waals surface area contributed by atoms with Crippen LogP contribution in [0.25, 0.3) is 0 Å². The van der Waals surface area contributed by atoms with Crippen LogP contribution < -0.4 is 5.32 Å². The largest absolute Gasteiger partial charge is 0.311 e. The van der Waals surface area contributed by atoms with Gasteiger partial charge in [-0.3, -0.25) is 5.10 Å². The van der Waals surface area contributed by atoms with Crippen LogP contribution in [-0.2, 0) is 6.42 Å². The molecule has 1 atom stereocenters. The second-order valence-electron chi connectivity index (χ2n) is 5.15. The molecule has 1 aliphatic carbocycles. The predicted molar refractivity (Wildman–Crippen MR) is 66.5 cm³/mol. The summed E-state index contributed by atoms with van der Waals surface area (Å²) < 4.78 is 0. The number of hydrogen-bond donors (Lipinski definition) is 2. The molecule has 1 fully saturated rings. The van der Waals surface area contributed by atoms with E-state index >= 15 is 0 Å². The van der Waals surface area contributed by atoms with Gasteiger partial charge in [0.05, 0.1) is 5.69 Å². The normalized spacial score (nSPS) is 19.9. The van der Waals surface area contributed by atoms with E-state index in [0.717, 1.165) is 18.2 Å². The highest BCUT2D eigenvalue weighted by molar-refractivity contribution is 5.07. The molecular formula is C13H23N3. The number of nitrogens with zero attached hydrogens (tertiary/aromatic N) is 1. The third-order valence-corrected chi connectivity index (χ3v) is 3.40. The molecule has 0 amide bonds. The van der Waals surface area contributed by atoms with E-state index in [4.69, 9.17) is 0 Å². The van der Waals surface area contributed by atoms with Gasteiger partial charge in [0, 0.05) is 24.2 Å². The van der Waals surface area contributed by atoms with E-state index < -0.39 is 0 Å². The molecule has 1 unspecified atom stereocenters. The molecule has 1 aliphatic rings. The van der Waals surface area contributed by atoms with Crippen LogP contribution in [0.2, 0.25) is 0 Å². The fourth-order valence-electron chi connectivity index (χ4n) is 2.62.